The quantitative estimate of drug-likeness (QED) is 0.182. The number of sulfone groups is 1. The second-order valence-electron chi connectivity index (χ2n) is 8.13. The predicted octanol–water partition coefficient (Wildman–Crippen LogP) is 1.42. The Hall–Kier alpha value is -2.62. The maximum Gasteiger partial charge on any atom is 0.315 e. The van der Waals surface area contributed by atoms with Crippen LogP contribution in [0.5, 0.6) is 0 Å². The van der Waals surface area contributed by atoms with Crippen LogP contribution in [0.4, 0.5) is 4.79 Å². The van der Waals surface area contributed by atoms with E-state index in [1.54, 1.807) is 12.1 Å². The Kier molecular flexibility index (Phi) is 6.88. The molecule has 0 aliphatic carbocycles. The molecule has 2 fully saturated rings. The molecule has 1 aromatic heterocycles. The van der Waals surface area contributed by atoms with Crippen LogP contribution in [-0.4, -0.2) is 60.5 Å². The molecule has 0 spiro atoms. The largest absolute Gasteiger partial charge is 0.457 e. The lowest BCUT2D eigenvalue weighted by Crippen LogP contribution is -2.39. The average molecular weight is 452 g/mol. The fourth-order valence-corrected chi connectivity index (χ4v) is 6.68. The molecule has 170 valence electrons. The van der Waals surface area contributed by atoms with E-state index in [0.29, 0.717) is 31.4 Å². The number of hydrogen-bond donors (Lipinski definition) is 2. The van der Waals surface area contributed by atoms with Crippen LogP contribution in [0, 0.1) is 13.8 Å². The Labute approximate surface area is 182 Å². The monoisotopic (exact) mass is 451 g/mol. The van der Waals surface area contributed by atoms with Crippen molar-refractivity contribution >= 4 is 27.6 Å². The number of unbranched alkanes of at least 4 members (excludes halogenated alkanes) is 1. The number of hydrogen-bond acceptors (Lipinski definition) is 6. The number of urea groups is 1. The van der Waals surface area contributed by atoms with Crippen LogP contribution in [0.1, 0.15) is 47.4 Å². The lowest BCUT2D eigenvalue weighted by Gasteiger charge is -2.16. The summed E-state index contributed by atoms with van der Waals surface area (Å²) in [6.45, 7) is 7.73. The predicted molar refractivity (Wildman–Crippen MR) is 115 cm³/mol. The number of Topliss-reactive ketones (excluding diaryl/α,β-unsaturated/α-hetero) is 1. The Morgan fingerprint density at radius 1 is 1.29 bits per heavy atom. The number of allylic oxidation sites excluding steroid dienone is 1. The Morgan fingerprint density at radius 2 is 2.03 bits per heavy atom. The summed E-state index contributed by atoms with van der Waals surface area (Å²) < 4.78 is 31.7. The molecule has 2 amide bonds. The van der Waals surface area contributed by atoms with Crippen LogP contribution in [-0.2, 0) is 25.9 Å². The van der Waals surface area contributed by atoms with E-state index in [4.69, 9.17) is 4.74 Å². The average Bonchev–Trinajstić information content (AvgIpc) is 3.26. The molecule has 0 saturated carbocycles. The number of rotatable bonds is 10. The van der Waals surface area contributed by atoms with Crippen molar-refractivity contribution in [2.45, 2.75) is 63.4 Å². The summed E-state index contributed by atoms with van der Waals surface area (Å²) in [4.78, 5) is 35.9. The number of carbonyl (C=O) groups excluding carboxylic acids is 3. The maximum atomic E-state index is 12.4. The minimum atomic E-state index is -3.28. The number of aromatic nitrogens is 1. The van der Waals surface area contributed by atoms with Crippen molar-refractivity contribution in [2.24, 2.45) is 0 Å². The van der Waals surface area contributed by atoms with E-state index in [0.717, 1.165) is 11.4 Å². The molecule has 0 unspecified atom stereocenters. The summed E-state index contributed by atoms with van der Waals surface area (Å²) >= 11 is 0. The molecule has 2 aliphatic rings. The van der Waals surface area contributed by atoms with Crippen LogP contribution < -0.4 is 10.6 Å². The summed E-state index contributed by atoms with van der Waals surface area (Å²) in [6.07, 6.45) is 3.18. The SMILES string of the molecule is C=CCn1c(C)cc(C(=O)COC(=O)CCCC[C@@H]2[C@@H]3NC(=O)N[C@@H]3CS2(=O)=O)c1C. The second kappa shape index (κ2) is 9.25. The van der Waals surface area contributed by atoms with E-state index >= 15 is 0 Å². The third-order valence-corrected chi connectivity index (χ3v) is 8.27. The molecule has 1 aromatic rings. The van der Waals surface area contributed by atoms with Gasteiger partial charge in [-0.15, -0.1) is 6.58 Å². The third-order valence-electron chi connectivity index (χ3n) is 5.99. The molecule has 9 nitrogen and oxygen atoms in total. The van der Waals surface area contributed by atoms with Gasteiger partial charge in [0.25, 0.3) is 0 Å². The zero-order valence-electron chi connectivity index (χ0n) is 17.8. The highest BCUT2D eigenvalue weighted by molar-refractivity contribution is 7.92. The highest BCUT2D eigenvalue weighted by Gasteiger charge is 2.51. The van der Waals surface area contributed by atoms with Crippen molar-refractivity contribution in [1.82, 2.24) is 15.2 Å². The van der Waals surface area contributed by atoms with Crippen molar-refractivity contribution in [2.75, 3.05) is 12.4 Å². The van der Waals surface area contributed by atoms with Crippen molar-refractivity contribution in [3.63, 3.8) is 0 Å². The van der Waals surface area contributed by atoms with E-state index in [9.17, 15) is 22.8 Å². The molecule has 0 bridgehead atoms. The van der Waals surface area contributed by atoms with Crippen molar-refractivity contribution < 1.29 is 27.5 Å². The van der Waals surface area contributed by atoms with Gasteiger partial charge in [-0.05, 0) is 32.8 Å². The molecule has 0 radical (unpaired) electrons. The van der Waals surface area contributed by atoms with Crippen LogP contribution in [0.15, 0.2) is 18.7 Å². The molecule has 3 atom stereocenters. The van der Waals surface area contributed by atoms with Crippen LogP contribution in [0.2, 0.25) is 0 Å². The minimum Gasteiger partial charge on any atom is -0.457 e. The van der Waals surface area contributed by atoms with Gasteiger partial charge in [0.05, 0.1) is 23.1 Å². The molecule has 0 aromatic carbocycles. The van der Waals surface area contributed by atoms with Gasteiger partial charge in [-0.1, -0.05) is 12.5 Å². The van der Waals surface area contributed by atoms with Gasteiger partial charge in [-0.25, -0.2) is 13.2 Å². The third kappa shape index (κ3) is 5.00. The molecule has 2 aliphatic heterocycles. The number of aryl methyl sites for hydroxylation is 1. The van der Waals surface area contributed by atoms with Gasteiger partial charge in [-0.3, -0.25) is 9.59 Å². The normalized spacial score (nSPS) is 23.7. The first-order chi connectivity index (χ1) is 14.6. The number of nitrogens with one attached hydrogen (secondary N) is 2. The summed E-state index contributed by atoms with van der Waals surface area (Å²) in [6, 6.07) is 0.642. The number of ketones is 1. The first-order valence-corrected chi connectivity index (χ1v) is 12.1. The van der Waals surface area contributed by atoms with Gasteiger partial charge >= 0.3 is 12.0 Å². The lowest BCUT2D eigenvalue weighted by atomic mass is 10.0. The number of amides is 2. The van der Waals surface area contributed by atoms with Crippen LogP contribution in [0.3, 0.4) is 0 Å². The first-order valence-electron chi connectivity index (χ1n) is 10.4. The Morgan fingerprint density at radius 3 is 2.74 bits per heavy atom. The summed E-state index contributed by atoms with van der Waals surface area (Å²) in [5, 5.41) is 4.66. The van der Waals surface area contributed by atoms with E-state index < -0.39 is 27.1 Å². The first kappa shape index (κ1) is 23.1. The molecular formula is C21H29N3O6S. The van der Waals surface area contributed by atoms with Crippen LogP contribution in [0.25, 0.3) is 0 Å². The zero-order valence-corrected chi connectivity index (χ0v) is 18.7. The standard InChI is InChI=1S/C21H29N3O6S/c1-4-9-24-13(2)10-15(14(24)3)17(25)11-30-19(26)8-6-5-7-18-20-16(12-31(18,28)29)22-21(27)23-20/h4,10,16,18,20H,1,5-9,11-12H2,2-3H3,(H2,22,23,27)/t16-,18-,20-/m1/s1. The zero-order chi connectivity index (χ0) is 22.8. The van der Waals surface area contributed by atoms with Crippen molar-refractivity contribution in [3.05, 3.63) is 35.7 Å². The van der Waals surface area contributed by atoms with E-state index in [-0.39, 0.29) is 36.6 Å². The van der Waals surface area contributed by atoms with Gasteiger partial charge in [0.15, 0.2) is 16.4 Å². The van der Waals surface area contributed by atoms with Gasteiger partial charge < -0.3 is 19.9 Å². The lowest BCUT2D eigenvalue weighted by molar-refractivity contribution is -0.142. The summed E-state index contributed by atoms with van der Waals surface area (Å²) in [5.41, 5.74) is 2.27. The fraction of sp³-hybridized carbons (Fsp3) is 0.571. The van der Waals surface area contributed by atoms with Crippen molar-refractivity contribution in [3.8, 4) is 0 Å². The van der Waals surface area contributed by atoms with Gasteiger partial charge in [-0.2, -0.15) is 0 Å². The molecular weight excluding hydrogens is 422 g/mol. The Balaban J connectivity index is 1.42. The van der Waals surface area contributed by atoms with Gasteiger partial charge in [0.2, 0.25) is 5.78 Å². The minimum absolute atomic E-state index is 0.0569. The highest BCUT2D eigenvalue weighted by Crippen LogP contribution is 2.28. The topological polar surface area (TPSA) is 124 Å². The number of nitrogens with zero attached hydrogens (tertiary/aromatic N) is 1. The number of fused-ring (bicyclic) bond motifs is 1. The van der Waals surface area contributed by atoms with E-state index in [2.05, 4.69) is 17.2 Å². The number of esters is 1. The molecule has 10 heteroatoms. The van der Waals surface area contributed by atoms with Gasteiger partial charge in [0, 0.05) is 29.9 Å². The van der Waals surface area contributed by atoms with Gasteiger partial charge in [0.1, 0.15) is 0 Å². The number of carbonyl (C=O) groups is 3. The molecule has 2 N–H and O–H groups in total. The summed E-state index contributed by atoms with van der Waals surface area (Å²) in [7, 11) is -3.28. The Bertz CT molecular complexity index is 997. The smallest absolute Gasteiger partial charge is 0.315 e. The fourth-order valence-electron chi connectivity index (χ4n) is 4.41. The second-order valence-corrected chi connectivity index (χ2v) is 10.4. The van der Waals surface area contributed by atoms with E-state index in [1.165, 1.54) is 0 Å². The molecule has 31 heavy (non-hydrogen) atoms. The van der Waals surface area contributed by atoms with Crippen molar-refractivity contribution in [1.29, 1.82) is 0 Å². The van der Waals surface area contributed by atoms with Crippen LogP contribution >= 0.6 is 0 Å². The van der Waals surface area contributed by atoms with E-state index in [1.807, 2.05) is 18.4 Å². The molecule has 2 saturated heterocycles. The highest BCUT2D eigenvalue weighted by atomic mass is 32.2. The summed E-state index contributed by atoms with van der Waals surface area (Å²) in [5.74, 6) is -0.806. The maximum absolute atomic E-state index is 12.4. The number of ether oxygens (including phenoxy) is 1. The molecule has 3 heterocycles. The molecule has 3 rings (SSSR count).